The van der Waals surface area contributed by atoms with Gasteiger partial charge in [0, 0.05) is 47.7 Å². The van der Waals surface area contributed by atoms with Crippen molar-refractivity contribution in [2.45, 2.75) is 58.7 Å². The molecule has 4 aromatic rings. The predicted molar refractivity (Wildman–Crippen MR) is 141 cm³/mol. The Morgan fingerprint density at radius 1 is 1.11 bits per heavy atom. The number of nitriles is 1. The molecule has 5 rings (SSSR count). The molecule has 0 saturated carbocycles. The van der Waals surface area contributed by atoms with Gasteiger partial charge in [0.05, 0.1) is 17.1 Å². The van der Waals surface area contributed by atoms with Gasteiger partial charge in [-0.05, 0) is 86.7 Å². The van der Waals surface area contributed by atoms with E-state index in [1.807, 2.05) is 37.5 Å². The molecule has 3 heterocycles. The first-order chi connectivity index (χ1) is 17.4. The highest BCUT2D eigenvalue weighted by atomic mass is 16.1. The van der Waals surface area contributed by atoms with Crippen LogP contribution in [0, 0.1) is 18.3 Å². The lowest BCUT2D eigenvalue weighted by Crippen LogP contribution is -2.42. The van der Waals surface area contributed by atoms with E-state index in [0.717, 1.165) is 34.1 Å². The smallest absolute Gasteiger partial charge is 0.276 e. The molecule has 1 fully saturated rings. The van der Waals surface area contributed by atoms with Crippen molar-refractivity contribution in [3.8, 4) is 17.2 Å². The van der Waals surface area contributed by atoms with Gasteiger partial charge in [-0.1, -0.05) is 12.5 Å². The van der Waals surface area contributed by atoms with Crippen molar-refractivity contribution in [1.29, 1.82) is 5.26 Å². The fourth-order valence-electron chi connectivity index (χ4n) is 5.15. The number of amides is 1. The quantitative estimate of drug-likeness (QED) is 0.377. The lowest BCUT2D eigenvalue weighted by atomic mass is 9.96. The Kier molecular flexibility index (Phi) is 6.53. The van der Waals surface area contributed by atoms with Crippen molar-refractivity contribution in [2.24, 2.45) is 0 Å². The third kappa shape index (κ3) is 4.73. The van der Waals surface area contributed by atoms with Crippen LogP contribution in [0.3, 0.4) is 0 Å². The molecule has 2 aromatic heterocycles. The van der Waals surface area contributed by atoms with E-state index in [1.54, 1.807) is 18.2 Å². The fraction of sp³-hybridized carbons (Fsp3) is 0.310. The van der Waals surface area contributed by atoms with Gasteiger partial charge in [-0.15, -0.1) is 0 Å². The van der Waals surface area contributed by atoms with Crippen molar-refractivity contribution in [2.75, 3.05) is 5.32 Å². The maximum Gasteiger partial charge on any atom is 0.276 e. The molecule has 2 aromatic carbocycles. The second-order valence-corrected chi connectivity index (χ2v) is 9.81. The molecule has 2 N–H and O–H groups in total. The number of aryl methyl sites for hydroxylation is 1. The number of pyridine rings is 1. The normalized spacial score (nSPS) is 18.2. The number of nitrogens with one attached hydrogen (secondary N) is 2. The largest absolute Gasteiger partial charge is 0.321 e. The van der Waals surface area contributed by atoms with E-state index >= 15 is 0 Å². The molecule has 1 aliphatic rings. The van der Waals surface area contributed by atoms with Gasteiger partial charge in [0.25, 0.3) is 5.91 Å². The van der Waals surface area contributed by atoms with E-state index in [4.69, 9.17) is 5.26 Å². The summed E-state index contributed by atoms with van der Waals surface area (Å²) in [5, 5.41) is 20.0. The molecule has 1 aliphatic heterocycles. The van der Waals surface area contributed by atoms with Crippen molar-refractivity contribution in [1.82, 2.24) is 20.1 Å². The average molecular weight is 479 g/mol. The summed E-state index contributed by atoms with van der Waals surface area (Å²) in [7, 11) is 0. The number of carbonyl (C=O) groups is 1. The third-order valence-electron chi connectivity index (χ3n) is 7.25. The highest BCUT2D eigenvalue weighted by Gasteiger charge is 2.24. The number of anilines is 1. The summed E-state index contributed by atoms with van der Waals surface area (Å²) in [5.74, 6) is -0.303. The Morgan fingerprint density at radius 3 is 2.67 bits per heavy atom. The second-order valence-electron chi connectivity index (χ2n) is 9.81. The summed E-state index contributed by atoms with van der Waals surface area (Å²) in [6.45, 7) is 7.35. The summed E-state index contributed by atoms with van der Waals surface area (Å²) >= 11 is 0. The lowest BCUT2D eigenvalue weighted by Gasteiger charge is -2.39. The number of benzene rings is 2. The van der Waals surface area contributed by atoms with E-state index in [9.17, 15) is 4.79 Å². The van der Waals surface area contributed by atoms with Crippen LogP contribution in [0.1, 0.15) is 60.3 Å². The van der Waals surface area contributed by atoms with Gasteiger partial charge in [0.2, 0.25) is 0 Å². The van der Waals surface area contributed by atoms with Crippen LogP contribution in [0.4, 0.5) is 5.69 Å². The summed E-state index contributed by atoms with van der Waals surface area (Å²) < 4.78 is 0. The minimum atomic E-state index is -0.303. The Balaban J connectivity index is 1.40. The number of carbonyl (C=O) groups excluding carboxylic acids is 1. The number of piperidine rings is 1. The zero-order valence-corrected chi connectivity index (χ0v) is 20.9. The number of hydrogen-bond donors (Lipinski definition) is 2. The number of aromatic nitrogens is 3. The number of nitrogens with zero attached hydrogens (tertiary/aromatic N) is 4. The van der Waals surface area contributed by atoms with Crippen LogP contribution in [0.5, 0.6) is 0 Å². The molecule has 36 heavy (non-hydrogen) atoms. The molecule has 7 heteroatoms. The first-order valence-corrected chi connectivity index (χ1v) is 12.4. The molecule has 0 spiro atoms. The van der Waals surface area contributed by atoms with Crippen molar-refractivity contribution in [3.05, 3.63) is 77.2 Å². The third-order valence-corrected chi connectivity index (χ3v) is 7.25. The standard InChI is InChI=1S/C29H30N6O/c1-18-11-25(9-7-23(18)14-30)32-29(36)28-26-13-22(8-10-27(26)33-34-28)24-12-21(15-31-16-24)17-35-19(2)5-4-6-20(35)3/h7-13,15-16,19-20H,4-6,17H2,1-3H3,(H,32,36)(H,33,34)/t19-,20+. The van der Waals surface area contributed by atoms with Gasteiger partial charge in [0.15, 0.2) is 5.69 Å². The van der Waals surface area contributed by atoms with Crippen molar-refractivity contribution >= 4 is 22.5 Å². The van der Waals surface area contributed by atoms with E-state index in [2.05, 4.69) is 51.4 Å². The topological polar surface area (TPSA) is 97.7 Å². The van der Waals surface area contributed by atoms with Gasteiger partial charge in [-0.3, -0.25) is 19.8 Å². The van der Waals surface area contributed by atoms with Gasteiger partial charge in [0.1, 0.15) is 0 Å². The maximum atomic E-state index is 13.1. The highest BCUT2D eigenvalue weighted by molar-refractivity contribution is 6.11. The van der Waals surface area contributed by atoms with Crippen LogP contribution in [-0.2, 0) is 6.54 Å². The molecule has 7 nitrogen and oxygen atoms in total. The molecule has 0 bridgehead atoms. The van der Waals surface area contributed by atoms with Crippen LogP contribution in [0.15, 0.2) is 54.9 Å². The number of H-pyrrole nitrogens is 1. The van der Waals surface area contributed by atoms with E-state index in [-0.39, 0.29) is 5.91 Å². The number of fused-ring (bicyclic) bond motifs is 1. The van der Waals surface area contributed by atoms with E-state index in [0.29, 0.717) is 29.0 Å². The van der Waals surface area contributed by atoms with Crippen molar-refractivity contribution < 1.29 is 4.79 Å². The first-order valence-electron chi connectivity index (χ1n) is 12.4. The zero-order chi connectivity index (χ0) is 25.2. The molecular weight excluding hydrogens is 448 g/mol. The fourth-order valence-corrected chi connectivity index (χ4v) is 5.15. The van der Waals surface area contributed by atoms with Gasteiger partial charge < -0.3 is 5.32 Å². The maximum absolute atomic E-state index is 13.1. The van der Waals surface area contributed by atoms with Crippen LogP contribution >= 0.6 is 0 Å². The first kappa shape index (κ1) is 23.7. The van der Waals surface area contributed by atoms with Crippen LogP contribution in [0.2, 0.25) is 0 Å². The number of rotatable bonds is 5. The molecule has 1 amide bonds. The van der Waals surface area contributed by atoms with E-state index in [1.165, 1.54) is 24.8 Å². The van der Waals surface area contributed by atoms with Gasteiger partial charge >= 0.3 is 0 Å². The van der Waals surface area contributed by atoms with Crippen LogP contribution in [-0.4, -0.2) is 38.1 Å². The Morgan fingerprint density at radius 2 is 1.92 bits per heavy atom. The summed E-state index contributed by atoms with van der Waals surface area (Å²) in [6, 6.07) is 16.7. The van der Waals surface area contributed by atoms with Crippen LogP contribution < -0.4 is 5.32 Å². The van der Waals surface area contributed by atoms with Crippen LogP contribution in [0.25, 0.3) is 22.0 Å². The monoisotopic (exact) mass is 478 g/mol. The second kappa shape index (κ2) is 9.92. The number of hydrogen-bond acceptors (Lipinski definition) is 5. The Hall–Kier alpha value is -4.02. The molecule has 1 saturated heterocycles. The predicted octanol–water partition coefficient (Wildman–Crippen LogP) is 5.82. The molecule has 0 aliphatic carbocycles. The average Bonchev–Trinajstić information content (AvgIpc) is 3.30. The Bertz CT molecular complexity index is 1460. The minimum absolute atomic E-state index is 0.303. The number of likely N-dealkylation sites (tertiary alicyclic amines) is 1. The summed E-state index contributed by atoms with van der Waals surface area (Å²) in [6.07, 6.45) is 7.59. The molecule has 182 valence electrons. The van der Waals surface area contributed by atoms with Gasteiger partial charge in [-0.25, -0.2) is 0 Å². The number of aromatic amines is 1. The molecule has 0 radical (unpaired) electrons. The van der Waals surface area contributed by atoms with E-state index < -0.39 is 0 Å². The van der Waals surface area contributed by atoms with Gasteiger partial charge in [-0.2, -0.15) is 10.4 Å². The zero-order valence-electron chi connectivity index (χ0n) is 20.9. The lowest BCUT2D eigenvalue weighted by molar-refractivity contribution is 0.0952. The highest BCUT2D eigenvalue weighted by Crippen LogP contribution is 2.28. The molecule has 2 atom stereocenters. The summed E-state index contributed by atoms with van der Waals surface area (Å²) in [4.78, 5) is 20.2. The minimum Gasteiger partial charge on any atom is -0.321 e. The molecular formula is C29H30N6O. The summed E-state index contributed by atoms with van der Waals surface area (Å²) in [5.41, 5.74) is 6.33. The Labute approximate surface area is 211 Å². The van der Waals surface area contributed by atoms with Crippen molar-refractivity contribution in [3.63, 3.8) is 0 Å². The SMILES string of the molecule is Cc1cc(NC(=O)c2n[nH]c3ccc(-c4cncc(CN5[C@H](C)CCC[C@@H]5C)c4)cc23)ccc1C#N. The molecule has 0 unspecified atom stereocenters.